The molecule has 0 saturated carbocycles. The normalized spacial score (nSPS) is 28.6. The van der Waals surface area contributed by atoms with Crippen molar-refractivity contribution < 1.29 is 4.74 Å². The number of likely N-dealkylation sites (tertiary alicyclic amines) is 1. The summed E-state index contributed by atoms with van der Waals surface area (Å²) in [4.78, 5) is 2.58. The number of fused-ring (bicyclic) bond motifs is 1. The molecule has 2 saturated heterocycles. The Morgan fingerprint density at radius 2 is 2.20 bits per heavy atom. The molecule has 0 aromatic heterocycles. The summed E-state index contributed by atoms with van der Waals surface area (Å²) in [6.45, 7) is 9.07. The van der Waals surface area contributed by atoms with Gasteiger partial charge in [0, 0.05) is 35.8 Å². The third kappa shape index (κ3) is 2.32. The van der Waals surface area contributed by atoms with Gasteiger partial charge in [0.05, 0.1) is 7.11 Å². The van der Waals surface area contributed by atoms with Crippen molar-refractivity contribution in [2.75, 3.05) is 26.7 Å². The fourth-order valence-corrected chi connectivity index (χ4v) is 4.04. The zero-order chi connectivity index (χ0) is 14.3. The first-order valence-electron chi connectivity index (χ1n) is 7.30. The van der Waals surface area contributed by atoms with Crippen LogP contribution in [0.4, 0.5) is 0 Å². The Bertz CT molecular complexity index is 503. The van der Waals surface area contributed by atoms with Gasteiger partial charge in [0.2, 0.25) is 0 Å². The fraction of sp³-hybridized carbons (Fsp3) is 0.625. The van der Waals surface area contributed by atoms with Crippen LogP contribution >= 0.6 is 11.6 Å². The number of benzene rings is 1. The maximum absolute atomic E-state index is 6.14. The van der Waals surface area contributed by atoms with Crippen LogP contribution in [0.2, 0.25) is 5.02 Å². The van der Waals surface area contributed by atoms with Gasteiger partial charge in [0.1, 0.15) is 5.75 Å². The highest BCUT2D eigenvalue weighted by Crippen LogP contribution is 2.42. The predicted molar refractivity (Wildman–Crippen MR) is 82.3 cm³/mol. The zero-order valence-corrected chi connectivity index (χ0v) is 13.2. The van der Waals surface area contributed by atoms with E-state index in [1.807, 2.05) is 18.2 Å². The SMILES string of the molecule is COc1ccc(Cl)cc1CN1CC2CNCC2C1(C)C. The van der Waals surface area contributed by atoms with Crippen molar-refractivity contribution in [3.8, 4) is 5.75 Å². The average molecular weight is 295 g/mol. The Morgan fingerprint density at radius 1 is 1.40 bits per heavy atom. The molecular formula is C16H23ClN2O. The lowest BCUT2D eigenvalue weighted by atomic mass is 9.85. The molecule has 2 atom stereocenters. The Labute approximate surface area is 126 Å². The van der Waals surface area contributed by atoms with E-state index in [0.29, 0.717) is 0 Å². The lowest BCUT2D eigenvalue weighted by Crippen LogP contribution is -2.43. The molecule has 1 N–H and O–H groups in total. The molecule has 2 heterocycles. The van der Waals surface area contributed by atoms with Crippen molar-refractivity contribution in [3.63, 3.8) is 0 Å². The highest BCUT2D eigenvalue weighted by atomic mass is 35.5. The van der Waals surface area contributed by atoms with Crippen LogP contribution in [0.5, 0.6) is 5.75 Å². The van der Waals surface area contributed by atoms with Crippen molar-refractivity contribution in [1.82, 2.24) is 10.2 Å². The highest BCUT2D eigenvalue weighted by molar-refractivity contribution is 6.30. The third-order valence-corrected chi connectivity index (χ3v) is 5.36. The minimum Gasteiger partial charge on any atom is -0.496 e. The number of nitrogens with zero attached hydrogens (tertiary/aromatic N) is 1. The third-order valence-electron chi connectivity index (χ3n) is 5.12. The second kappa shape index (κ2) is 5.21. The summed E-state index contributed by atoms with van der Waals surface area (Å²) in [7, 11) is 1.72. The van der Waals surface area contributed by atoms with Gasteiger partial charge in [-0.3, -0.25) is 4.90 Å². The number of methoxy groups -OCH3 is 1. The van der Waals surface area contributed by atoms with Gasteiger partial charge >= 0.3 is 0 Å². The molecular weight excluding hydrogens is 272 g/mol. The number of ether oxygens (including phenoxy) is 1. The summed E-state index contributed by atoms with van der Waals surface area (Å²) in [6, 6.07) is 5.88. The smallest absolute Gasteiger partial charge is 0.123 e. The molecule has 0 amide bonds. The van der Waals surface area contributed by atoms with Crippen molar-refractivity contribution in [3.05, 3.63) is 28.8 Å². The van der Waals surface area contributed by atoms with Crippen molar-refractivity contribution in [1.29, 1.82) is 0 Å². The summed E-state index contributed by atoms with van der Waals surface area (Å²) in [5.41, 5.74) is 1.41. The minimum absolute atomic E-state index is 0.224. The first-order valence-corrected chi connectivity index (χ1v) is 7.68. The van der Waals surface area contributed by atoms with Gasteiger partial charge in [-0.1, -0.05) is 11.6 Å². The monoisotopic (exact) mass is 294 g/mol. The number of nitrogens with one attached hydrogen (secondary N) is 1. The molecule has 1 aromatic rings. The molecule has 3 rings (SSSR count). The maximum Gasteiger partial charge on any atom is 0.123 e. The van der Waals surface area contributed by atoms with Crippen LogP contribution in [0.1, 0.15) is 19.4 Å². The molecule has 2 fully saturated rings. The van der Waals surface area contributed by atoms with Gasteiger partial charge in [0.15, 0.2) is 0 Å². The molecule has 0 radical (unpaired) electrons. The van der Waals surface area contributed by atoms with E-state index < -0.39 is 0 Å². The molecule has 2 aliphatic rings. The Morgan fingerprint density at radius 3 is 2.90 bits per heavy atom. The Hall–Kier alpha value is -0.770. The van der Waals surface area contributed by atoms with Crippen LogP contribution in [0, 0.1) is 11.8 Å². The zero-order valence-electron chi connectivity index (χ0n) is 12.4. The molecule has 0 spiro atoms. The summed E-state index contributed by atoms with van der Waals surface area (Å²) in [5, 5.41) is 4.30. The van der Waals surface area contributed by atoms with Gasteiger partial charge < -0.3 is 10.1 Å². The van der Waals surface area contributed by atoms with E-state index in [4.69, 9.17) is 16.3 Å². The van der Waals surface area contributed by atoms with Gasteiger partial charge in [-0.2, -0.15) is 0 Å². The van der Waals surface area contributed by atoms with Crippen molar-refractivity contribution in [2.24, 2.45) is 11.8 Å². The standard InChI is InChI=1S/C16H23ClN2O/c1-16(2)14-8-18-7-12(14)10-19(16)9-11-6-13(17)4-5-15(11)20-3/h4-6,12,14,18H,7-10H2,1-3H3. The van der Waals surface area contributed by atoms with Crippen LogP contribution in [-0.4, -0.2) is 37.2 Å². The quantitative estimate of drug-likeness (QED) is 0.928. The maximum atomic E-state index is 6.14. The molecule has 110 valence electrons. The number of rotatable bonds is 3. The van der Waals surface area contributed by atoms with Crippen LogP contribution in [0.3, 0.4) is 0 Å². The van der Waals surface area contributed by atoms with E-state index in [1.54, 1.807) is 7.11 Å². The predicted octanol–water partition coefficient (Wildman–Crippen LogP) is 2.78. The van der Waals surface area contributed by atoms with Crippen LogP contribution in [-0.2, 0) is 6.54 Å². The van der Waals surface area contributed by atoms with E-state index in [1.165, 1.54) is 5.56 Å². The molecule has 20 heavy (non-hydrogen) atoms. The van der Waals surface area contributed by atoms with Gasteiger partial charge in [-0.15, -0.1) is 0 Å². The summed E-state index contributed by atoms with van der Waals surface area (Å²) < 4.78 is 5.48. The summed E-state index contributed by atoms with van der Waals surface area (Å²) >= 11 is 6.14. The fourth-order valence-electron chi connectivity index (χ4n) is 3.85. The second-order valence-electron chi connectivity index (χ2n) is 6.52. The van der Waals surface area contributed by atoms with E-state index in [2.05, 4.69) is 24.1 Å². The largest absolute Gasteiger partial charge is 0.496 e. The van der Waals surface area contributed by atoms with Crippen molar-refractivity contribution in [2.45, 2.75) is 25.9 Å². The number of halogens is 1. The Balaban J connectivity index is 1.83. The van der Waals surface area contributed by atoms with E-state index in [9.17, 15) is 0 Å². The minimum atomic E-state index is 0.224. The van der Waals surface area contributed by atoms with Gasteiger partial charge in [-0.25, -0.2) is 0 Å². The van der Waals surface area contributed by atoms with Crippen molar-refractivity contribution >= 4 is 11.6 Å². The van der Waals surface area contributed by atoms with Gasteiger partial charge in [-0.05, 0) is 50.4 Å². The molecule has 1 aromatic carbocycles. The van der Waals surface area contributed by atoms with Gasteiger partial charge in [0.25, 0.3) is 0 Å². The number of hydrogen-bond acceptors (Lipinski definition) is 3. The molecule has 0 aliphatic carbocycles. The molecule has 0 bridgehead atoms. The molecule has 2 aliphatic heterocycles. The Kier molecular flexibility index (Phi) is 3.69. The molecule has 3 nitrogen and oxygen atoms in total. The summed E-state index contributed by atoms with van der Waals surface area (Å²) in [5.74, 6) is 2.45. The topological polar surface area (TPSA) is 24.5 Å². The second-order valence-corrected chi connectivity index (χ2v) is 6.95. The van der Waals surface area contributed by atoms with Crippen LogP contribution < -0.4 is 10.1 Å². The highest BCUT2D eigenvalue weighted by Gasteiger charge is 2.49. The van der Waals surface area contributed by atoms with Crippen LogP contribution in [0.25, 0.3) is 0 Å². The molecule has 2 unspecified atom stereocenters. The first-order chi connectivity index (χ1) is 9.52. The first kappa shape index (κ1) is 14.2. The van der Waals surface area contributed by atoms with E-state index in [0.717, 1.165) is 48.8 Å². The number of hydrogen-bond donors (Lipinski definition) is 1. The lowest BCUT2D eigenvalue weighted by molar-refractivity contribution is 0.131. The summed E-state index contributed by atoms with van der Waals surface area (Å²) in [6.07, 6.45) is 0. The van der Waals surface area contributed by atoms with E-state index >= 15 is 0 Å². The lowest BCUT2D eigenvalue weighted by Gasteiger charge is -2.36. The molecule has 4 heteroatoms. The average Bonchev–Trinajstić information content (AvgIpc) is 2.94. The van der Waals surface area contributed by atoms with Crippen LogP contribution in [0.15, 0.2) is 18.2 Å². The van der Waals surface area contributed by atoms with E-state index in [-0.39, 0.29) is 5.54 Å².